The first-order valence-electron chi connectivity index (χ1n) is 6.59. The van der Waals surface area contributed by atoms with Crippen LogP contribution < -0.4 is 5.73 Å². The van der Waals surface area contributed by atoms with Crippen LogP contribution in [0.2, 0.25) is 0 Å². The summed E-state index contributed by atoms with van der Waals surface area (Å²) in [4.78, 5) is 4.29. The van der Waals surface area contributed by atoms with Crippen LogP contribution in [0.3, 0.4) is 0 Å². The lowest BCUT2D eigenvalue weighted by Crippen LogP contribution is -2.12. The molecule has 1 aliphatic rings. The van der Waals surface area contributed by atoms with Crippen LogP contribution in [0, 0.1) is 5.82 Å². The van der Waals surface area contributed by atoms with Gasteiger partial charge in [-0.25, -0.2) is 9.37 Å². The summed E-state index contributed by atoms with van der Waals surface area (Å²) in [6, 6.07) is 2.38. The predicted octanol–water partition coefficient (Wildman–Crippen LogP) is 3.63. The second kappa shape index (κ2) is 4.75. The van der Waals surface area contributed by atoms with E-state index in [1.807, 2.05) is 0 Å². The number of imidazole rings is 1. The fourth-order valence-corrected chi connectivity index (χ4v) is 2.61. The van der Waals surface area contributed by atoms with E-state index >= 15 is 0 Å². The van der Waals surface area contributed by atoms with Crippen molar-refractivity contribution in [3.8, 4) is 11.3 Å². The van der Waals surface area contributed by atoms with E-state index in [0.717, 1.165) is 37.2 Å². The lowest BCUT2D eigenvalue weighted by atomic mass is 10.1. The van der Waals surface area contributed by atoms with Crippen LogP contribution in [0.1, 0.15) is 24.2 Å². The number of fused-ring (bicyclic) bond motifs is 1. The van der Waals surface area contributed by atoms with Crippen molar-refractivity contribution in [3.63, 3.8) is 0 Å². The lowest BCUT2D eigenvalue weighted by molar-refractivity contribution is -0.137. The predicted molar refractivity (Wildman–Crippen MR) is 70.0 cm³/mol. The van der Waals surface area contributed by atoms with Crippen LogP contribution in [-0.4, -0.2) is 9.55 Å². The van der Waals surface area contributed by atoms with Crippen molar-refractivity contribution in [2.45, 2.75) is 32.0 Å². The number of benzene rings is 1. The zero-order valence-electron chi connectivity index (χ0n) is 11.0. The molecule has 0 bridgehead atoms. The molecule has 2 N–H and O–H groups in total. The van der Waals surface area contributed by atoms with E-state index in [1.165, 1.54) is 0 Å². The fourth-order valence-electron chi connectivity index (χ4n) is 2.61. The number of hydrogen-bond acceptors (Lipinski definition) is 2. The zero-order valence-corrected chi connectivity index (χ0v) is 11.0. The van der Waals surface area contributed by atoms with Crippen molar-refractivity contribution in [1.29, 1.82) is 0 Å². The van der Waals surface area contributed by atoms with E-state index in [0.29, 0.717) is 18.4 Å². The number of halogens is 4. The summed E-state index contributed by atoms with van der Waals surface area (Å²) in [5, 5.41) is 0. The van der Waals surface area contributed by atoms with Crippen LogP contribution >= 0.6 is 0 Å². The second-order valence-electron chi connectivity index (χ2n) is 5.10. The molecule has 0 saturated carbocycles. The maximum Gasteiger partial charge on any atom is 0.416 e. The van der Waals surface area contributed by atoms with Crippen LogP contribution in [-0.2, 0) is 19.1 Å². The molecule has 1 aromatic carbocycles. The maximum absolute atomic E-state index is 13.5. The van der Waals surface area contributed by atoms with Gasteiger partial charge in [0.2, 0.25) is 0 Å². The molecule has 0 spiro atoms. The molecule has 1 aromatic heterocycles. The number of alkyl halides is 3. The molecule has 2 heterocycles. The monoisotopic (exact) mass is 299 g/mol. The normalized spacial score (nSPS) is 15.0. The van der Waals surface area contributed by atoms with Crippen LogP contribution in [0.4, 0.5) is 23.4 Å². The van der Waals surface area contributed by atoms with Gasteiger partial charge in [0, 0.05) is 18.5 Å². The standard InChI is InChI=1S/C14H13F4N3/c15-10-6-8(5-9(7-10)14(16,17)18)12-13(19)21-4-2-1-3-11(21)20-12/h5-7H,1-4,19H2. The molecule has 0 saturated heterocycles. The van der Waals surface area contributed by atoms with Crippen molar-refractivity contribution in [2.24, 2.45) is 0 Å². The Morgan fingerprint density at radius 1 is 1.14 bits per heavy atom. The molecular formula is C14H13F4N3. The van der Waals surface area contributed by atoms with Crippen LogP contribution in [0.25, 0.3) is 11.3 Å². The van der Waals surface area contributed by atoms with Gasteiger partial charge in [-0.3, -0.25) is 0 Å². The summed E-state index contributed by atoms with van der Waals surface area (Å²) in [6.07, 6.45) is -1.96. The Morgan fingerprint density at radius 3 is 2.57 bits per heavy atom. The third kappa shape index (κ3) is 2.48. The van der Waals surface area contributed by atoms with Crippen molar-refractivity contribution in [3.05, 3.63) is 35.4 Å². The summed E-state index contributed by atoms with van der Waals surface area (Å²) in [5.74, 6) is 0.0835. The van der Waals surface area contributed by atoms with E-state index in [4.69, 9.17) is 5.73 Å². The average Bonchev–Trinajstić information content (AvgIpc) is 2.75. The summed E-state index contributed by atoms with van der Waals surface area (Å²) < 4.78 is 53.6. The maximum atomic E-state index is 13.5. The number of rotatable bonds is 1. The smallest absolute Gasteiger partial charge is 0.383 e. The summed E-state index contributed by atoms with van der Waals surface area (Å²) in [7, 11) is 0. The number of nitrogens with zero attached hydrogens (tertiary/aromatic N) is 2. The van der Waals surface area contributed by atoms with Gasteiger partial charge in [0.15, 0.2) is 0 Å². The van der Waals surface area contributed by atoms with Gasteiger partial charge < -0.3 is 10.3 Å². The number of aryl methyl sites for hydroxylation is 1. The summed E-state index contributed by atoms with van der Waals surface area (Å²) in [6.45, 7) is 0.690. The summed E-state index contributed by atoms with van der Waals surface area (Å²) >= 11 is 0. The number of hydrogen-bond donors (Lipinski definition) is 1. The van der Waals surface area contributed by atoms with Crippen molar-refractivity contribution >= 4 is 5.82 Å². The number of anilines is 1. The quantitative estimate of drug-likeness (QED) is 0.817. The third-order valence-electron chi connectivity index (χ3n) is 3.62. The molecule has 1 aliphatic heterocycles. The molecular weight excluding hydrogens is 286 g/mol. The molecule has 0 atom stereocenters. The molecule has 112 valence electrons. The number of nitrogen functional groups attached to an aromatic ring is 1. The van der Waals surface area contributed by atoms with Crippen LogP contribution in [0.5, 0.6) is 0 Å². The molecule has 2 aromatic rings. The molecule has 7 heteroatoms. The Kier molecular flexibility index (Phi) is 3.15. The number of aromatic nitrogens is 2. The second-order valence-corrected chi connectivity index (χ2v) is 5.10. The molecule has 0 fully saturated rings. The van der Waals surface area contributed by atoms with E-state index in [9.17, 15) is 17.6 Å². The largest absolute Gasteiger partial charge is 0.416 e. The highest BCUT2D eigenvalue weighted by atomic mass is 19.4. The highest BCUT2D eigenvalue weighted by Gasteiger charge is 2.32. The van der Waals surface area contributed by atoms with E-state index in [1.54, 1.807) is 4.57 Å². The van der Waals surface area contributed by atoms with E-state index in [-0.39, 0.29) is 11.3 Å². The Bertz CT molecular complexity index is 688. The first-order chi connectivity index (χ1) is 9.86. The number of nitrogens with two attached hydrogens (primary N) is 1. The molecule has 0 unspecified atom stereocenters. The molecule has 0 aliphatic carbocycles. The van der Waals surface area contributed by atoms with E-state index < -0.39 is 17.6 Å². The van der Waals surface area contributed by atoms with Crippen molar-refractivity contribution in [1.82, 2.24) is 9.55 Å². The highest BCUT2D eigenvalue weighted by molar-refractivity contribution is 5.72. The van der Waals surface area contributed by atoms with Gasteiger partial charge in [0.1, 0.15) is 23.2 Å². The molecule has 0 radical (unpaired) electrons. The van der Waals surface area contributed by atoms with E-state index in [2.05, 4.69) is 4.98 Å². The highest BCUT2D eigenvalue weighted by Crippen LogP contribution is 2.35. The van der Waals surface area contributed by atoms with Gasteiger partial charge in [-0.2, -0.15) is 13.2 Å². The topological polar surface area (TPSA) is 43.8 Å². The van der Waals surface area contributed by atoms with Crippen molar-refractivity contribution < 1.29 is 17.6 Å². The average molecular weight is 299 g/mol. The van der Waals surface area contributed by atoms with Gasteiger partial charge in [0.05, 0.1) is 5.56 Å². The van der Waals surface area contributed by atoms with Gasteiger partial charge >= 0.3 is 6.18 Å². The Hall–Kier alpha value is -2.05. The van der Waals surface area contributed by atoms with Gasteiger partial charge in [0.25, 0.3) is 0 Å². The first kappa shape index (κ1) is 13.9. The first-order valence-corrected chi connectivity index (χ1v) is 6.59. The SMILES string of the molecule is Nc1c(-c2cc(F)cc(C(F)(F)F)c2)nc2n1CCCC2. The minimum Gasteiger partial charge on any atom is -0.383 e. The third-order valence-corrected chi connectivity index (χ3v) is 3.62. The van der Waals surface area contributed by atoms with Gasteiger partial charge in [-0.1, -0.05) is 0 Å². The summed E-state index contributed by atoms with van der Waals surface area (Å²) in [5.41, 5.74) is 5.20. The molecule has 3 rings (SSSR count). The molecule has 21 heavy (non-hydrogen) atoms. The Labute approximate surface area is 118 Å². The fraction of sp³-hybridized carbons (Fsp3) is 0.357. The van der Waals surface area contributed by atoms with Crippen LogP contribution in [0.15, 0.2) is 18.2 Å². The van der Waals surface area contributed by atoms with Crippen molar-refractivity contribution in [2.75, 3.05) is 5.73 Å². The zero-order chi connectivity index (χ0) is 15.2. The minimum atomic E-state index is -4.61. The van der Waals surface area contributed by atoms with Gasteiger partial charge in [-0.05, 0) is 31.0 Å². The lowest BCUT2D eigenvalue weighted by Gasteiger charge is -2.14. The van der Waals surface area contributed by atoms with Gasteiger partial charge in [-0.15, -0.1) is 0 Å². The minimum absolute atomic E-state index is 0.0572. The Morgan fingerprint density at radius 2 is 1.90 bits per heavy atom. The molecule has 3 nitrogen and oxygen atoms in total. The Balaban J connectivity index is 2.13. The molecule has 0 amide bonds.